The number of aromatic nitrogens is 3. The lowest BCUT2D eigenvalue weighted by atomic mass is 9.99. The standard InChI is InChI=1S/C28H33N5O6S/c1-4-38-27(35)39-25-14-13-23-26(31-25)33(19-29-23)16-15-28(2,3)30-18-24(34)20-9-8-10-21(17-20)32-40(36,37)22-11-6-5-7-12-22/h5-14,17,19,24,30,32,34H,4,15-16,18H2,1-3H3. The van der Waals surface area contributed by atoms with Gasteiger partial charge >= 0.3 is 6.16 Å². The molecule has 0 radical (unpaired) electrons. The summed E-state index contributed by atoms with van der Waals surface area (Å²) in [7, 11) is -3.74. The molecule has 40 heavy (non-hydrogen) atoms. The Labute approximate surface area is 233 Å². The van der Waals surface area contributed by atoms with Crippen LogP contribution in [0.25, 0.3) is 11.2 Å². The molecular weight excluding hydrogens is 534 g/mol. The third-order valence-corrected chi connectivity index (χ3v) is 7.61. The Bertz CT molecular complexity index is 1560. The largest absolute Gasteiger partial charge is 0.515 e. The van der Waals surface area contributed by atoms with E-state index in [2.05, 4.69) is 20.0 Å². The van der Waals surface area contributed by atoms with Crippen molar-refractivity contribution in [3.63, 3.8) is 0 Å². The van der Waals surface area contributed by atoms with Gasteiger partial charge in [0.15, 0.2) is 5.65 Å². The first-order valence-electron chi connectivity index (χ1n) is 12.8. The number of benzene rings is 2. The summed E-state index contributed by atoms with van der Waals surface area (Å²) in [4.78, 5) is 20.5. The van der Waals surface area contributed by atoms with Gasteiger partial charge < -0.3 is 24.5 Å². The average Bonchev–Trinajstić information content (AvgIpc) is 3.33. The van der Waals surface area contributed by atoms with E-state index < -0.39 is 22.3 Å². The molecule has 2 aromatic heterocycles. The summed E-state index contributed by atoms with van der Waals surface area (Å²) in [5, 5.41) is 14.2. The Morgan fingerprint density at radius 2 is 1.88 bits per heavy atom. The van der Waals surface area contributed by atoms with E-state index in [0.717, 1.165) is 0 Å². The van der Waals surface area contributed by atoms with Crippen LogP contribution in [-0.2, 0) is 21.3 Å². The molecule has 2 heterocycles. The van der Waals surface area contributed by atoms with Crippen molar-refractivity contribution in [3.8, 4) is 5.88 Å². The van der Waals surface area contributed by atoms with Crippen molar-refractivity contribution >= 4 is 33.0 Å². The molecule has 0 bridgehead atoms. The van der Waals surface area contributed by atoms with Crippen LogP contribution in [0, 0.1) is 0 Å². The van der Waals surface area contributed by atoms with E-state index in [4.69, 9.17) is 9.47 Å². The number of ether oxygens (including phenoxy) is 2. The number of hydrogen-bond donors (Lipinski definition) is 3. The van der Waals surface area contributed by atoms with E-state index in [-0.39, 0.29) is 29.5 Å². The number of pyridine rings is 1. The number of aryl methyl sites for hydroxylation is 1. The minimum absolute atomic E-state index is 0.126. The molecular formula is C28H33N5O6S. The van der Waals surface area contributed by atoms with Gasteiger partial charge in [-0.25, -0.2) is 18.2 Å². The third-order valence-electron chi connectivity index (χ3n) is 6.22. The van der Waals surface area contributed by atoms with Crippen LogP contribution in [0.5, 0.6) is 5.88 Å². The summed E-state index contributed by atoms with van der Waals surface area (Å²) in [6, 6.07) is 18.1. The highest BCUT2D eigenvalue weighted by Crippen LogP contribution is 2.22. The quantitative estimate of drug-likeness (QED) is 0.214. The predicted molar refractivity (Wildman–Crippen MR) is 151 cm³/mol. The van der Waals surface area contributed by atoms with Crippen molar-refractivity contribution in [2.45, 2.75) is 50.3 Å². The second-order valence-electron chi connectivity index (χ2n) is 9.79. The first-order chi connectivity index (χ1) is 19.1. The van der Waals surface area contributed by atoms with Crippen LogP contribution in [0.3, 0.4) is 0 Å². The zero-order valence-electron chi connectivity index (χ0n) is 22.6. The van der Waals surface area contributed by atoms with Gasteiger partial charge in [-0.05, 0) is 63.1 Å². The van der Waals surface area contributed by atoms with E-state index in [1.54, 1.807) is 67.8 Å². The van der Waals surface area contributed by atoms with Crippen molar-refractivity contribution in [1.82, 2.24) is 19.9 Å². The third kappa shape index (κ3) is 7.56. The Morgan fingerprint density at radius 1 is 1.10 bits per heavy atom. The molecule has 0 amide bonds. The average molecular weight is 568 g/mol. The number of sulfonamides is 1. The summed E-state index contributed by atoms with van der Waals surface area (Å²) in [6.45, 7) is 6.75. The van der Waals surface area contributed by atoms with Crippen LogP contribution in [0.2, 0.25) is 0 Å². The molecule has 0 aliphatic rings. The molecule has 3 N–H and O–H groups in total. The molecule has 1 unspecified atom stereocenters. The van der Waals surface area contributed by atoms with Crippen molar-refractivity contribution in [2.24, 2.45) is 0 Å². The second-order valence-corrected chi connectivity index (χ2v) is 11.5. The van der Waals surface area contributed by atoms with E-state index in [9.17, 15) is 18.3 Å². The molecule has 12 heteroatoms. The molecule has 11 nitrogen and oxygen atoms in total. The van der Waals surface area contributed by atoms with Crippen molar-refractivity contribution in [2.75, 3.05) is 17.9 Å². The van der Waals surface area contributed by atoms with Crippen LogP contribution < -0.4 is 14.8 Å². The second kappa shape index (κ2) is 12.5. The predicted octanol–water partition coefficient (Wildman–Crippen LogP) is 4.26. The number of nitrogens with one attached hydrogen (secondary N) is 2. The van der Waals surface area contributed by atoms with Gasteiger partial charge in [-0.15, -0.1) is 0 Å². The zero-order chi connectivity index (χ0) is 28.8. The fraction of sp³-hybridized carbons (Fsp3) is 0.321. The first-order valence-corrected chi connectivity index (χ1v) is 14.3. The van der Waals surface area contributed by atoms with Gasteiger partial charge in [-0.1, -0.05) is 30.3 Å². The molecule has 0 saturated heterocycles. The van der Waals surface area contributed by atoms with Gasteiger partial charge in [0.2, 0.25) is 5.88 Å². The van der Waals surface area contributed by atoms with Gasteiger partial charge in [0.1, 0.15) is 5.52 Å². The number of carbonyl (C=O) groups is 1. The van der Waals surface area contributed by atoms with Crippen LogP contribution in [-0.4, -0.2) is 52.9 Å². The summed E-state index contributed by atoms with van der Waals surface area (Å²) in [5.41, 5.74) is 1.82. The van der Waals surface area contributed by atoms with Gasteiger partial charge in [0.25, 0.3) is 10.0 Å². The van der Waals surface area contributed by atoms with E-state index in [0.29, 0.717) is 35.4 Å². The number of rotatable bonds is 12. The van der Waals surface area contributed by atoms with Crippen LogP contribution >= 0.6 is 0 Å². The zero-order valence-corrected chi connectivity index (χ0v) is 23.4. The smallest absolute Gasteiger partial charge is 0.434 e. The lowest BCUT2D eigenvalue weighted by Gasteiger charge is -2.28. The Balaban J connectivity index is 1.35. The summed E-state index contributed by atoms with van der Waals surface area (Å²) in [5.74, 6) is 0.126. The molecule has 4 rings (SSSR count). The molecule has 1 atom stereocenters. The summed E-state index contributed by atoms with van der Waals surface area (Å²) in [6.07, 6.45) is 0.674. The molecule has 0 aliphatic carbocycles. The molecule has 0 fully saturated rings. The minimum atomic E-state index is -3.74. The summed E-state index contributed by atoms with van der Waals surface area (Å²) >= 11 is 0. The maximum atomic E-state index is 12.7. The number of hydrogen-bond acceptors (Lipinski definition) is 9. The molecule has 0 spiro atoms. The van der Waals surface area contributed by atoms with Crippen LogP contribution in [0.1, 0.15) is 38.9 Å². The van der Waals surface area contributed by atoms with Crippen molar-refractivity contribution in [3.05, 3.63) is 78.6 Å². The van der Waals surface area contributed by atoms with Crippen LogP contribution in [0.4, 0.5) is 10.5 Å². The van der Waals surface area contributed by atoms with E-state index in [1.165, 1.54) is 12.1 Å². The van der Waals surface area contributed by atoms with Crippen LogP contribution in [0.15, 0.2) is 78.0 Å². The summed E-state index contributed by atoms with van der Waals surface area (Å²) < 4.78 is 39.7. The lowest BCUT2D eigenvalue weighted by molar-refractivity contribution is 0.103. The SMILES string of the molecule is CCOC(=O)Oc1ccc2ncn(CCC(C)(C)NCC(O)c3cccc(NS(=O)(=O)c4ccccc4)c3)c2n1. The minimum Gasteiger partial charge on any atom is -0.434 e. The molecule has 0 saturated carbocycles. The fourth-order valence-corrected chi connectivity index (χ4v) is 5.05. The van der Waals surface area contributed by atoms with Gasteiger partial charge in [-0.2, -0.15) is 4.98 Å². The van der Waals surface area contributed by atoms with Crippen molar-refractivity contribution in [1.29, 1.82) is 0 Å². The fourth-order valence-electron chi connectivity index (χ4n) is 3.98. The highest BCUT2D eigenvalue weighted by molar-refractivity contribution is 7.92. The highest BCUT2D eigenvalue weighted by atomic mass is 32.2. The topological polar surface area (TPSA) is 145 Å². The number of β-amino-alcohol motifs (C(OH)–C–C–N with tert-alkyl or cyclic N) is 1. The number of aliphatic hydroxyl groups excluding tert-OH is 1. The van der Waals surface area contributed by atoms with Gasteiger partial charge in [0, 0.05) is 30.4 Å². The van der Waals surface area contributed by atoms with E-state index >= 15 is 0 Å². The normalized spacial score (nSPS) is 12.7. The molecule has 212 valence electrons. The molecule has 4 aromatic rings. The number of anilines is 1. The Kier molecular flexibility index (Phi) is 9.03. The molecule has 0 aliphatic heterocycles. The number of fused-ring (bicyclic) bond motifs is 1. The maximum absolute atomic E-state index is 12.7. The Morgan fingerprint density at radius 3 is 2.62 bits per heavy atom. The maximum Gasteiger partial charge on any atom is 0.515 e. The lowest BCUT2D eigenvalue weighted by Crippen LogP contribution is -2.42. The number of carbonyl (C=O) groups excluding carboxylic acids is 1. The highest BCUT2D eigenvalue weighted by Gasteiger charge is 2.21. The van der Waals surface area contributed by atoms with Crippen molar-refractivity contribution < 1.29 is 27.8 Å². The number of aliphatic hydroxyl groups is 1. The van der Waals surface area contributed by atoms with Gasteiger partial charge in [-0.3, -0.25) is 4.72 Å². The first kappa shape index (κ1) is 29.0. The van der Waals surface area contributed by atoms with Gasteiger partial charge in [0.05, 0.1) is 23.9 Å². The molecule has 2 aromatic carbocycles. The number of nitrogens with zero attached hydrogens (tertiary/aromatic N) is 3. The monoisotopic (exact) mass is 567 g/mol. The van der Waals surface area contributed by atoms with E-state index in [1.807, 2.05) is 18.4 Å². The Hall–Kier alpha value is -4.00. The number of imidazole rings is 1.